The highest BCUT2D eigenvalue weighted by Gasteiger charge is 1.95. The van der Waals surface area contributed by atoms with E-state index in [1.807, 2.05) is 0 Å². The van der Waals surface area contributed by atoms with Crippen molar-refractivity contribution >= 4 is 17.3 Å². The van der Waals surface area contributed by atoms with Crippen LogP contribution in [0.4, 0.5) is 0 Å². The van der Waals surface area contributed by atoms with Gasteiger partial charge in [-0.25, -0.2) is 0 Å². The van der Waals surface area contributed by atoms with E-state index in [0.717, 1.165) is 25.9 Å². The third kappa shape index (κ3) is 7.25. The zero-order valence-electron chi connectivity index (χ0n) is 10.9. The molecule has 100 valence electrons. The van der Waals surface area contributed by atoms with Crippen LogP contribution < -0.4 is 10.6 Å². The first-order valence-electron chi connectivity index (χ1n) is 6.37. The highest BCUT2D eigenvalue weighted by Crippen LogP contribution is 2.03. The molecule has 0 aliphatic heterocycles. The average molecular weight is 266 g/mol. The van der Waals surface area contributed by atoms with Crippen molar-refractivity contribution in [2.45, 2.75) is 19.3 Å². The number of thiocarbonyl (C=S) groups is 1. The largest absolute Gasteiger partial charge is 0.383 e. The normalized spacial score (nSPS) is 10.1. The maximum Gasteiger partial charge on any atom is 0.166 e. The van der Waals surface area contributed by atoms with Crippen LogP contribution in [0, 0.1) is 0 Å². The van der Waals surface area contributed by atoms with Gasteiger partial charge in [-0.2, -0.15) is 0 Å². The summed E-state index contributed by atoms with van der Waals surface area (Å²) in [5, 5.41) is 6.99. The van der Waals surface area contributed by atoms with Crippen molar-refractivity contribution in [1.29, 1.82) is 0 Å². The Labute approximate surface area is 115 Å². The summed E-state index contributed by atoms with van der Waals surface area (Å²) in [4.78, 5) is 0. The summed E-state index contributed by atoms with van der Waals surface area (Å²) in [5.41, 5.74) is 1.40. The molecule has 0 amide bonds. The van der Waals surface area contributed by atoms with Crippen molar-refractivity contribution < 1.29 is 4.74 Å². The van der Waals surface area contributed by atoms with Crippen molar-refractivity contribution in [3.63, 3.8) is 0 Å². The van der Waals surface area contributed by atoms with Gasteiger partial charge >= 0.3 is 0 Å². The van der Waals surface area contributed by atoms with Gasteiger partial charge in [-0.15, -0.1) is 0 Å². The second-order valence-electron chi connectivity index (χ2n) is 4.12. The second kappa shape index (κ2) is 9.85. The number of hydrogen-bond donors (Lipinski definition) is 2. The summed E-state index contributed by atoms with van der Waals surface area (Å²) in [6.45, 7) is 2.35. The summed E-state index contributed by atoms with van der Waals surface area (Å²) in [6.07, 6.45) is 3.44. The van der Waals surface area contributed by atoms with Gasteiger partial charge in [0.25, 0.3) is 0 Å². The smallest absolute Gasteiger partial charge is 0.166 e. The number of methoxy groups -OCH3 is 1. The van der Waals surface area contributed by atoms with Crippen molar-refractivity contribution in [1.82, 2.24) is 10.6 Å². The van der Waals surface area contributed by atoms with E-state index in [0.29, 0.717) is 11.7 Å². The van der Waals surface area contributed by atoms with E-state index < -0.39 is 0 Å². The van der Waals surface area contributed by atoms with Gasteiger partial charge in [0.2, 0.25) is 0 Å². The lowest BCUT2D eigenvalue weighted by molar-refractivity contribution is 0.204. The molecular formula is C14H22N2OS. The van der Waals surface area contributed by atoms with Crippen LogP contribution in [0.5, 0.6) is 0 Å². The van der Waals surface area contributed by atoms with Crippen molar-refractivity contribution in [2.24, 2.45) is 0 Å². The van der Waals surface area contributed by atoms with Gasteiger partial charge in [-0.1, -0.05) is 30.3 Å². The van der Waals surface area contributed by atoms with Gasteiger partial charge in [0.05, 0.1) is 6.61 Å². The van der Waals surface area contributed by atoms with Crippen LogP contribution in [0.1, 0.15) is 18.4 Å². The molecule has 0 aromatic heterocycles. The lowest BCUT2D eigenvalue weighted by Crippen LogP contribution is -2.37. The summed E-state index contributed by atoms with van der Waals surface area (Å²) < 4.78 is 4.93. The number of rotatable bonds is 8. The molecule has 0 aliphatic rings. The molecule has 0 radical (unpaired) electrons. The molecule has 1 aromatic carbocycles. The number of benzene rings is 1. The van der Waals surface area contributed by atoms with E-state index in [1.165, 1.54) is 12.0 Å². The van der Waals surface area contributed by atoms with E-state index in [1.54, 1.807) is 7.11 Å². The van der Waals surface area contributed by atoms with E-state index in [2.05, 4.69) is 41.0 Å². The van der Waals surface area contributed by atoms with Crippen LogP contribution >= 0.6 is 12.2 Å². The minimum Gasteiger partial charge on any atom is -0.383 e. The van der Waals surface area contributed by atoms with Crippen LogP contribution in [-0.4, -0.2) is 31.9 Å². The number of hydrogen-bond acceptors (Lipinski definition) is 2. The number of ether oxygens (including phenoxy) is 1. The molecule has 0 atom stereocenters. The predicted octanol–water partition coefficient (Wildman–Crippen LogP) is 2.12. The summed E-state index contributed by atoms with van der Waals surface area (Å²) in [6, 6.07) is 10.6. The molecule has 18 heavy (non-hydrogen) atoms. The summed E-state index contributed by atoms with van der Waals surface area (Å²) >= 11 is 5.13. The molecule has 0 aliphatic carbocycles. The fourth-order valence-electron chi connectivity index (χ4n) is 1.63. The van der Waals surface area contributed by atoms with E-state index >= 15 is 0 Å². The van der Waals surface area contributed by atoms with Crippen LogP contribution in [0.15, 0.2) is 30.3 Å². The minimum absolute atomic E-state index is 0.676. The lowest BCUT2D eigenvalue weighted by Gasteiger charge is -2.09. The lowest BCUT2D eigenvalue weighted by atomic mass is 10.1. The molecule has 2 N–H and O–H groups in total. The van der Waals surface area contributed by atoms with Gasteiger partial charge in [0, 0.05) is 20.2 Å². The van der Waals surface area contributed by atoms with Crippen molar-refractivity contribution in [2.75, 3.05) is 26.8 Å². The molecule has 0 fully saturated rings. The molecule has 0 spiro atoms. The summed E-state index contributed by atoms with van der Waals surface area (Å²) in [7, 11) is 1.68. The molecule has 0 saturated heterocycles. The first-order valence-corrected chi connectivity index (χ1v) is 6.78. The van der Waals surface area contributed by atoms with Crippen LogP contribution in [0.2, 0.25) is 0 Å². The highest BCUT2D eigenvalue weighted by atomic mass is 32.1. The van der Waals surface area contributed by atoms with E-state index in [4.69, 9.17) is 17.0 Å². The Morgan fingerprint density at radius 1 is 1.11 bits per heavy atom. The molecule has 0 bridgehead atoms. The van der Waals surface area contributed by atoms with E-state index in [9.17, 15) is 0 Å². The maximum absolute atomic E-state index is 5.13. The number of unbranched alkanes of at least 4 members (excludes halogenated alkanes) is 1. The molecule has 0 heterocycles. The third-order valence-corrected chi connectivity index (χ3v) is 2.90. The van der Waals surface area contributed by atoms with Gasteiger partial charge in [0.15, 0.2) is 5.11 Å². The Morgan fingerprint density at radius 3 is 2.56 bits per heavy atom. The third-order valence-electron chi connectivity index (χ3n) is 2.61. The van der Waals surface area contributed by atoms with Crippen LogP contribution in [-0.2, 0) is 11.2 Å². The van der Waals surface area contributed by atoms with Crippen LogP contribution in [0.3, 0.4) is 0 Å². The Hall–Kier alpha value is -1.13. The summed E-state index contributed by atoms with van der Waals surface area (Å²) in [5.74, 6) is 0. The number of aryl methyl sites for hydroxylation is 1. The SMILES string of the molecule is COCCNC(=S)NCCCCc1ccccc1. The standard InChI is InChI=1S/C14H22N2OS/c1-17-12-11-16-14(18)15-10-6-5-9-13-7-3-2-4-8-13/h2-4,7-8H,5-6,9-12H2,1H3,(H2,15,16,18). The highest BCUT2D eigenvalue weighted by molar-refractivity contribution is 7.80. The molecule has 0 unspecified atom stereocenters. The van der Waals surface area contributed by atoms with Crippen molar-refractivity contribution in [3.05, 3.63) is 35.9 Å². The fourth-order valence-corrected chi connectivity index (χ4v) is 1.83. The first kappa shape index (κ1) is 14.9. The quantitative estimate of drug-likeness (QED) is 0.558. The van der Waals surface area contributed by atoms with Gasteiger partial charge < -0.3 is 15.4 Å². The zero-order valence-corrected chi connectivity index (χ0v) is 11.8. The van der Waals surface area contributed by atoms with Crippen molar-refractivity contribution in [3.8, 4) is 0 Å². The first-order chi connectivity index (χ1) is 8.83. The Balaban J connectivity index is 1.97. The van der Waals surface area contributed by atoms with Gasteiger partial charge in [-0.05, 0) is 37.0 Å². The van der Waals surface area contributed by atoms with Gasteiger partial charge in [-0.3, -0.25) is 0 Å². The van der Waals surface area contributed by atoms with Crippen LogP contribution in [0.25, 0.3) is 0 Å². The molecule has 4 heteroatoms. The molecule has 1 rings (SSSR count). The van der Waals surface area contributed by atoms with Gasteiger partial charge in [0.1, 0.15) is 0 Å². The molecule has 3 nitrogen and oxygen atoms in total. The number of nitrogens with one attached hydrogen (secondary N) is 2. The molecular weight excluding hydrogens is 244 g/mol. The Morgan fingerprint density at radius 2 is 1.83 bits per heavy atom. The Bertz CT molecular complexity index is 330. The predicted molar refractivity (Wildman–Crippen MR) is 79.9 cm³/mol. The second-order valence-corrected chi connectivity index (χ2v) is 4.53. The zero-order chi connectivity index (χ0) is 13.1. The fraction of sp³-hybridized carbons (Fsp3) is 0.500. The molecule has 0 saturated carbocycles. The minimum atomic E-state index is 0.676. The maximum atomic E-state index is 5.13. The average Bonchev–Trinajstić information content (AvgIpc) is 2.40. The molecule has 1 aromatic rings. The topological polar surface area (TPSA) is 33.3 Å². The Kier molecular flexibility index (Phi) is 8.17. The van der Waals surface area contributed by atoms with E-state index in [-0.39, 0.29) is 0 Å². The monoisotopic (exact) mass is 266 g/mol.